The van der Waals surface area contributed by atoms with Gasteiger partial charge in [-0.15, -0.1) is 0 Å². The number of hydrogen-bond acceptors (Lipinski definition) is 6. The summed E-state index contributed by atoms with van der Waals surface area (Å²) < 4.78 is 5.11. The lowest BCUT2D eigenvalue weighted by Gasteiger charge is -2.28. The maximum atomic E-state index is 12.7. The zero-order valence-electron chi connectivity index (χ0n) is 14.0. The summed E-state index contributed by atoms with van der Waals surface area (Å²) >= 11 is 0. The Morgan fingerprint density at radius 2 is 2.08 bits per heavy atom. The maximum Gasteiger partial charge on any atom is 0.335 e. The molecule has 2 heterocycles. The number of aliphatic imine (C=N–C) groups is 1. The molecule has 0 saturated carbocycles. The number of rotatable bonds is 5. The van der Waals surface area contributed by atoms with Crippen LogP contribution in [0.25, 0.3) is 0 Å². The summed E-state index contributed by atoms with van der Waals surface area (Å²) in [5.74, 6) is -2.08. The third-order valence-corrected chi connectivity index (χ3v) is 3.75. The molecule has 1 atom stereocenters. The zero-order chi connectivity index (χ0) is 18.5. The van der Waals surface area contributed by atoms with E-state index in [1.807, 2.05) is 6.07 Å². The average Bonchev–Trinajstić information content (AvgIpc) is 2.65. The van der Waals surface area contributed by atoms with Gasteiger partial charge >= 0.3 is 6.03 Å². The van der Waals surface area contributed by atoms with Gasteiger partial charge < -0.3 is 4.74 Å². The summed E-state index contributed by atoms with van der Waals surface area (Å²) in [5.41, 5.74) is 1.01. The Morgan fingerprint density at radius 1 is 1.23 bits per heavy atom. The summed E-state index contributed by atoms with van der Waals surface area (Å²) in [7, 11) is 1.48. The number of pyridine rings is 1. The van der Waals surface area contributed by atoms with Crippen LogP contribution in [0.4, 0.5) is 10.5 Å². The standard InChI is InChI=1S/C18H16N4O4/c1-26-14-7-4-6-13(9-14)22-17(24)15(16(23)21-18(22)25)11-19-10-12-5-2-3-8-20-12/h2-9,11,15H,10H2,1H3,(H,21,23,25)/t15-/m1/s1. The van der Waals surface area contributed by atoms with Crippen LogP contribution in [0.2, 0.25) is 0 Å². The van der Waals surface area contributed by atoms with Crippen molar-refractivity contribution in [1.82, 2.24) is 10.3 Å². The summed E-state index contributed by atoms with van der Waals surface area (Å²) in [6, 6.07) is 11.0. The Kier molecular flexibility index (Phi) is 5.02. The molecule has 1 aromatic heterocycles. The van der Waals surface area contributed by atoms with Crippen LogP contribution < -0.4 is 15.0 Å². The molecule has 0 unspecified atom stereocenters. The van der Waals surface area contributed by atoms with E-state index in [-0.39, 0.29) is 6.54 Å². The minimum Gasteiger partial charge on any atom is -0.497 e. The molecule has 0 spiro atoms. The van der Waals surface area contributed by atoms with Crippen LogP contribution in [0, 0.1) is 5.92 Å². The van der Waals surface area contributed by atoms with Crippen molar-refractivity contribution < 1.29 is 19.1 Å². The Bertz CT molecular complexity index is 867. The van der Waals surface area contributed by atoms with E-state index in [0.717, 1.165) is 4.90 Å². The Balaban J connectivity index is 1.81. The number of nitrogens with zero attached hydrogens (tertiary/aromatic N) is 3. The third kappa shape index (κ3) is 3.59. The highest BCUT2D eigenvalue weighted by molar-refractivity contribution is 6.32. The number of benzene rings is 1. The SMILES string of the molecule is COc1cccc(N2C(=O)NC(=O)[C@@H](C=NCc3ccccn3)C2=O)c1. The van der Waals surface area contributed by atoms with E-state index >= 15 is 0 Å². The van der Waals surface area contributed by atoms with E-state index < -0.39 is 23.8 Å². The molecule has 1 N–H and O–H groups in total. The van der Waals surface area contributed by atoms with E-state index in [1.54, 1.807) is 36.5 Å². The van der Waals surface area contributed by atoms with Crippen molar-refractivity contribution in [3.05, 3.63) is 54.4 Å². The first kappa shape index (κ1) is 17.3. The van der Waals surface area contributed by atoms with Gasteiger partial charge in [0.25, 0.3) is 5.91 Å². The molecular formula is C18H16N4O4. The predicted octanol–water partition coefficient (Wildman–Crippen LogP) is 1.56. The number of imide groups is 2. The molecule has 0 aliphatic carbocycles. The minimum atomic E-state index is -1.19. The molecule has 1 saturated heterocycles. The van der Waals surface area contributed by atoms with Crippen molar-refractivity contribution in [2.45, 2.75) is 6.54 Å². The summed E-state index contributed by atoms with van der Waals surface area (Å²) in [6.07, 6.45) is 2.87. The fourth-order valence-corrected chi connectivity index (χ4v) is 2.46. The normalized spacial score (nSPS) is 17.5. The highest BCUT2D eigenvalue weighted by Crippen LogP contribution is 2.24. The summed E-state index contributed by atoms with van der Waals surface area (Å²) in [4.78, 5) is 46.0. The first-order valence-corrected chi connectivity index (χ1v) is 7.83. The highest BCUT2D eigenvalue weighted by Gasteiger charge is 2.40. The zero-order valence-corrected chi connectivity index (χ0v) is 14.0. The Labute approximate surface area is 149 Å². The van der Waals surface area contributed by atoms with Crippen LogP contribution in [0.1, 0.15) is 5.69 Å². The van der Waals surface area contributed by atoms with Gasteiger partial charge in [-0.2, -0.15) is 0 Å². The number of methoxy groups -OCH3 is 1. The number of amides is 4. The van der Waals surface area contributed by atoms with Crippen LogP contribution in [0.5, 0.6) is 5.75 Å². The molecule has 8 heteroatoms. The van der Waals surface area contributed by atoms with Crippen LogP contribution in [0.3, 0.4) is 0 Å². The number of carbonyl (C=O) groups is 3. The molecule has 4 amide bonds. The van der Waals surface area contributed by atoms with Gasteiger partial charge in [-0.25, -0.2) is 9.69 Å². The van der Waals surface area contributed by atoms with Gasteiger partial charge in [0.15, 0.2) is 5.92 Å². The largest absolute Gasteiger partial charge is 0.497 e. The van der Waals surface area contributed by atoms with Crippen LogP contribution in [0.15, 0.2) is 53.7 Å². The van der Waals surface area contributed by atoms with Gasteiger partial charge in [0.1, 0.15) is 5.75 Å². The van der Waals surface area contributed by atoms with Crippen molar-refractivity contribution in [3.8, 4) is 5.75 Å². The quantitative estimate of drug-likeness (QED) is 0.650. The lowest BCUT2D eigenvalue weighted by atomic mass is 10.1. The second-order valence-electron chi connectivity index (χ2n) is 5.46. The number of anilines is 1. The first-order valence-electron chi connectivity index (χ1n) is 7.83. The molecule has 1 aliphatic heterocycles. The summed E-state index contributed by atoms with van der Waals surface area (Å²) in [6.45, 7) is 0.227. The smallest absolute Gasteiger partial charge is 0.335 e. The number of carbonyl (C=O) groups excluding carboxylic acids is 3. The van der Waals surface area contributed by atoms with Gasteiger partial charge in [0.2, 0.25) is 5.91 Å². The van der Waals surface area contributed by atoms with Gasteiger partial charge in [0, 0.05) is 18.5 Å². The fraction of sp³-hybridized carbons (Fsp3) is 0.167. The highest BCUT2D eigenvalue weighted by atomic mass is 16.5. The van der Waals surface area contributed by atoms with Gasteiger partial charge in [-0.1, -0.05) is 12.1 Å². The number of urea groups is 1. The van der Waals surface area contributed by atoms with Crippen molar-refractivity contribution >= 4 is 29.7 Å². The average molecular weight is 352 g/mol. The number of aromatic nitrogens is 1. The molecule has 26 heavy (non-hydrogen) atoms. The third-order valence-electron chi connectivity index (χ3n) is 3.75. The number of barbiturate groups is 1. The van der Waals surface area contributed by atoms with E-state index in [9.17, 15) is 14.4 Å². The fourth-order valence-electron chi connectivity index (χ4n) is 2.46. The van der Waals surface area contributed by atoms with E-state index in [2.05, 4.69) is 15.3 Å². The molecule has 2 aromatic rings. The number of ether oxygens (including phenoxy) is 1. The molecule has 3 rings (SSSR count). The second-order valence-corrected chi connectivity index (χ2v) is 5.46. The monoisotopic (exact) mass is 352 g/mol. The van der Waals surface area contributed by atoms with Crippen molar-refractivity contribution in [3.63, 3.8) is 0 Å². The van der Waals surface area contributed by atoms with Gasteiger partial charge in [-0.3, -0.25) is 24.9 Å². The van der Waals surface area contributed by atoms with Crippen LogP contribution in [-0.2, 0) is 16.1 Å². The van der Waals surface area contributed by atoms with Crippen molar-refractivity contribution in [1.29, 1.82) is 0 Å². The topological polar surface area (TPSA) is 101 Å². The molecule has 0 radical (unpaired) electrons. The first-order chi connectivity index (χ1) is 12.6. The van der Waals surface area contributed by atoms with E-state index in [0.29, 0.717) is 17.1 Å². The molecule has 1 aromatic carbocycles. The molecule has 0 bridgehead atoms. The Hall–Kier alpha value is -3.55. The lowest BCUT2D eigenvalue weighted by Crippen LogP contribution is -2.58. The molecule has 132 valence electrons. The van der Waals surface area contributed by atoms with Gasteiger partial charge in [-0.05, 0) is 24.3 Å². The predicted molar refractivity (Wildman–Crippen MR) is 93.9 cm³/mol. The van der Waals surface area contributed by atoms with Crippen LogP contribution in [-0.4, -0.2) is 36.2 Å². The van der Waals surface area contributed by atoms with E-state index in [1.165, 1.54) is 19.4 Å². The lowest BCUT2D eigenvalue weighted by molar-refractivity contribution is -0.131. The Morgan fingerprint density at radius 3 is 2.81 bits per heavy atom. The molecular weight excluding hydrogens is 336 g/mol. The number of nitrogens with one attached hydrogen (secondary N) is 1. The molecule has 8 nitrogen and oxygen atoms in total. The second kappa shape index (κ2) is 7.56. The molecule has 1 aliphatic rings. The minimum absolute atomic E-state index is 0.227. The van der Waals surface area contributed by atoms with E-state index in [4.69, 9.17) is 4.74 Å². The van der Waals surface area contributed by atoms with Gasteiger partial charge in [0.05, 0.1) is 25.0 Å². The maximum absolute atomic E-state index is 12.7. The van der Waals surface area contributed by atoms with Crippen LogP contribution >= 0.6 is 0 Å². The van der Waals surface area contributed by atoms with Crippen molar-refractivity contribution in [2.24, 2.45) is 10.9 Å². The number of hydrogen-bond donors (Lipinski definition) is 1. The molecule has 1 fully saturated rings. The van der Waals surface area contributed by atoms with Crippen molar-refractivity contribution in [2.75, 3.05) is 12.0 Å². The summed E-state index contributed by atoms with van der Waals surface area (Å²) in [5, 5.41) is 2.17.